The van der Waals surface area contributed by atoms with Gasteiger partial charge in [0.25, 0.3) is 0 Å². The van der Waals surface area contributed by atoms with E-state index in [1.807, 2.05) is 17.9 Å². The molecular formula is C13H22N2O3. The molecule has 0 aromatic heterocycles. The zero-order valence-electron chi connectivity index (χ0n) is 10.9. The lowest BCUT2D eigenvalue weighted by Crippen LogP contribution is -2.50. The minimum absolute atomic E-state index is 0.155. The normalized spacial score (nSPS) is 25.6. The highest BCUT2D eigenvalue weighted by Crippen LogP contribution is 2.09. The van der Waals surface area contributed by atoms with Crippen LogP contribution in [0.25, 0.3) is 0 Å². The summed E-state index contributed by atoms with van der Waals surface area (Å²) in [6, 6.07) is -0.155. The number of hydrogen-bond acceptors (Lipinski definition) is 4. The van der Waals surface area contributed by atoms with Gasteiger partial charge in [0.2, 0.25) is 5.91 Å². The fourth-order valence-electron chi connectivity index (χ4n) is 2.19. The Bertz CT molecular complexity index is 301. The number of morpholine rings is 1. The first-order valence-corrected chi connectivity index (χ1v) is 6.68. The minimum Gasteiger partial charge on any atom is -0.497 e. The summed E-state index contributed by atoms with van der Waals surface area (Å²) in [6.07, 6.45) is 6.04. The molecule has 0 bridgehead atoms. The first-order chi connectivity index (χ1) is 8.77. The number of nitrogens with one attached hydrogen (secondary N) is 1. The molecule has 18 heavy (non-hydrogen) atoms. The molecule has 0 spiro atoms. The van der Waals surface area contributed by atoms with Crippen LogP contribution in [0.3, 0.4) is 0 Å². The first kappa shape index (κ1) is 13.4. The van der Waals surface area contributed by atoms with E-state index in [9.17, 15) is 4.79 Å². The fourth-order valence-corrected chi connectivity index (χ4v) is 2.19. The van der Waals surface area contributed by atoms with Crippen LogP contribution in [-0.4, -0.2) is 55.8 Å². The molecule has 102 valence electrons. The van der Waals surface area contributed by atoms with Gasteiger partial charge in [0.15, 0.2) is 0 Å². The number of allylic oxidation sites excluding steroid dienone is 1. The van der Waals surface area contributed by atoms with Crippen molar-refractivity contribution < 1.29 is 14.3 Å². The third-order valence-corrected chi connectivity index (χ3v) is 3.37. The molecule has 1 amide bonds. The number of amides is 1. The smallest absolute Gasteiger partial charge is 0.239 e. The van der Waals surface area contributed by atoms with Crippen molar-refractivity contribution >= 4 is 5.91 Å². The molecule has 2 aliphatic heterocycles. The summed E-state index contributed by atoms with van der Waals surface area (Å²) in [5, 5.41) is 3.26. The summed E-state index contributed by atoms with van der Waals surface area (Å²) in [5.74, 6) is 0.157. The van der Waals surface area contributed by atoms with Crippen molar-refractivity contribution in [3.05, 3.63) is 12.3 Å². The maximum Gasteiger partial charge on any atom is 0.239 e. The molecule has 0 saturated carbocycles. The van der Waals surface area contributed by atoms with Crippen molar-refractivity contribution in [2.45, 2.75) is 31.9 Å². The Hall–Kier alpha value is -1.07. The van der Waals surface area contributed by atoms with E-state index in [-0.39, 0.29) is 18.1 Å². The van der Waals surface area contributed by atoms with E-state index in [1.165, 1.54) is 0 Å². The molecule has 5 heteroatoms. The molecule has 0 radical (unpaired) electrons. The van der Waals surface area contributed by atoms with E-state index in [4.69, 9.17) is 9.47 Å². The Morgan fingerprint density at radius 3 is 2.94 bits per heavy atom. The van der Waals surface area contributed by atoms with Gasteiger partial charge >= 0.3 is 0 Å². The molecule has 5 nitrogen and oxygen atoms in total. The van der Waals surface area contributed by atoms with Crippen LogP contribution in [0.15, 0.2) is 12.3 Å². The number of rotatable bonds is 4. The van der Waals surface area contributed by atoms with Gasteiger partial charge < -0.3 is 19.7 Å². The van der Waals surface area contributed by atoms with Gasteiger partial charge in [-0.15, -0.1) is 0 Å². The van der Waals surface area contributed by atoms with Crippen LogP contribution in [0.4, 0.5) is 0 Å². The summed E-state index contributed by atoms with van der Waals surface area (Å²) >= 11 is 0. The molecular weight excluding hydrogens is 232 g/mol. The monoisotopic (exact) mass is 254 g/mol. The van der Waals surface area contributed by atoms with E-state index in [0.29, 0.717) is 26.3 Å². The predicted molar refractivity (Wildman–Crippen MR) is 68.1 cm³/mol. The Morgan fingerprint density at radius 1 is 1.50 bits per heavy atom. The van der Waals surface area contributed by atoms with Gasteiger partial charge in [-0.2, -0.15) is 0 Å². The lowest BCUT2D eigenvalue weighted by Gasteiger charge is -2.30. The number of carbonyl (C=O) groups excluding carboxylic acids is 1. The second kappa shape index (κ2) is 6.75. The van der Waals surface area contributed by atoms with Gasteiger partial charge in [0, 0.05) is 19.6 Å². The van der Waals surface area contributed by atoms with Crippen LogP contribution in [-0.2, 0) is 14.3 Å². The highest BCUT2D eigenvalue weighted by atomic mass is 16.5. The molecule has 2 heterocycles. The molecule has 1 fully saturated rings. The van der Waals surface area contributed by atoms with Gasteiger partial charge in [0.05, 0.1) is 25.5 Å². The van der Waals surface area contributed by atoms with Crippen molar-refractivity contribution in [1.82, 2.24) is 10.2 Å². The molecule has 0 aromatic rings. The van der Waals surface area contributed by atoms with Gasteiger partial charge in [-0.05, 0) is 25.8 Å². The SMILES string of the molecule is CC(NCC1CCC=CO1)C(=O)N1CCOCC1. The summed E-state index contributed by atoms with van der Waals surface area (Å²) in [4.78, 5) is 14.0. The number of hydrogen-bond donors (Lipinski definition) is 1. The third-order valence-electron chi connectivity index (χ3n) is 3.37. The second-order valence-corrected chi connectivity index (χ2v) is 4.77. The second-order valence-electron chi connectivity index (χ2n) is 4.77. The summed E-state index contributed by atoms with van der Waals surface area (Å²) < 4.78 is 10.7. The van der Waals surface area contributed by atoms with Crippen molar-refractivity contribution in [3.8, 4) is 0 Å². The topological polar surface area (TPSA) is 50.8 Å². The van der Waals surface area contributed by atoms with Crippen molar-refractivity contribution in [2.24, 2.45) is 0 Å². The third kappa shape index (κ3) is 3.71. The minimum atomic E-state index is -0.155. The summed E-state index contributed by atoms with van der Waals surface area (Å²) in [6.45, 7) is 5.34. The average Bonchev–Trinajstić information content (AvgIpc) is 2.46. The maximum atomic E-state index is 12.1. The molecule has 2 rings (SSSR count). The zero-order chi connectivity index (χ0) is 12.8. The number of ether oxygens (including phenoxy) is 2. The number of nitrogens with zero attached hydrogens (tertiary/aromatic N) is 1. The fraction of sp³-hybridized carbons (Fsp3) is 0.769. The molecule has 2 atom stereocenters. The van der Waals surface area contributed by atoms with Crippen LogP contribution in [0, 0.1) is 0 Å². The largest absolute Gasteiger partial charge is 0.497 e. The molecule has 2 unspecified atom stereocenters. The van der Waals surface area contributed by atoms with Gasteiger partial charge in [-0.1, -0.05) is 0 Å². The zero-order valence-corrected chi connectivity index (χ0v) is 10.9. The van der Waals surface area contributed by atoms with Crippen molar-refractivity contribution in [2.75, 3.05) is 32.8 Å². The van der Waals surface area contributed by atoms with E-state index in [2.05, 4.69) is 5.32 Å². The average molecular weight is 254 g/mol. The van der Waals surface area contributed by atoms with Gasteiger partial charge in [-0.3, -0.25) is 4.79 Å². The van der Waals surface area contributed by atoms with Crippen LogP contribution in [0.5, 0.6) is 0 Å². The van der Waals surface area contributed by atoms with E-state index >= 15 is 0 Å². The molecule has 1 saturated heterocycles. The van der Waals surface area contributed by atoms with Gasteiger partial charge in [-0.25, -0.2) is 0 Å². The molecule has 2 aliphatic rings. The predicted octanol–water partition coefficient (Wildman–Crippen LogP) is 0.516. The van der Waals surface area contributed by atoms with E-state index in [1.54, 1.807) is 6.26 Å². The number of carbonyl (C=O) groups is 1. The van der Waals surface area contributed by atoms with Crippen LogP contribution < -0.4 is 5.32 Å². The Morgan fingerprint density at radius 2 is 2.28 bits per heavy atom. The van der Waals surface area contributed by atoms with E-state index in [0.717, 1.165) is 19.4 Å². The molecule has 0 aliphatic carbocycles. The summed E-state index contributed by atoms with van der Waals surface area (Å²) in [5.41, 5.74) is 0. The summed E-state index contributed by atoms with van der Waals surface area (Å²) in [7, 11) is 0. The Balaban J connectivity index is 1.71. The Labute approximate surface area is 108 Å². The van der Waals surface area contributed by atoms with Crippen molar-refractivity contribution in [3.63, 3.8) is 0 Å². The highest BCUT2D eigenvalue weighted by Gasteiger charge is 2.23. The molecule has 0 aromatic carbocycles. The van der Waals surface area contributed by atoms with E-state index < -0.39 is 0 Å². The quantitative estimate of drug-likeness (QED) is 0.794. The standard InChI is InChI=1S/C13H22N2O3/c1-11(13(16)15-5-8-17-9-6-15)14-10-12-4-2-3-7-18-12/h3,7,11-12,14H,2,4-6,8-10H2,1H3. The van der Waals surface area contributed by atoms with Crippen LogP contribution >= 0.6 is 0 Å². The van der Waals surface area contributed by atoms with Crippen LogP contribution in [0.1, 0.15) is 19.8 Å². The lowest BCUT2D eigenvalue weighted by molar-refractivity contribution is -0.137. The highest BCUT2D eigenvalue weighted by molar-refractivity contribution is 5.81. The van der Waals surface area contributed by atoms with Crippen molar-refractivity contribution in [1.29, 1.82) is 0 Å². The molecule has 1 N–H and O–H groups in total. The maximum absolute atomic E-state index is 12.1. The van der Waals surface area contributed by atoms with Crippen LogP contribution in [0.2, 0.25) is 0 Å². The lowest BCUT2D eigenvalue weighted by atomic mass is 10.1. The Kier molecular flexibility index (Phi) is 5.01. The van der Waals surface area contributed by atoms with Gasteiger partial charge in [0.1, 0.15) is 6.10 Å². The first-order valence-electron chi connectivity index (χ1n) is 6.68.